The van der Waals surface area contributed by atoms with Gasteiger partial charge < -0.3 is 20.3 Å². The molecule has 1 atom stereocenters. The molecule has 0 radical (unpaired) electrons. The van der Waals surface area contributed by atoms with Crippen molar-refractivity contribution in [1.82, 2.24) is 20.4 Å². The van der Waals surface area contributed by atoms with Gasteiger partial charge in [0.05, 0.1) is 5.60 Å². The molecule has 7 heteroatoms. The lowest BCUT2D eigenvalue weighted by Gasteiger charge is -2.34. The number of guanidine groups is 1. The maximum atomic E-state index is 5.83. The molecule has 2 heterocycles. The number of hydrogen-bond donors (Lipinski definition) is 2. The number of benzene rings is 1. The minimum Gasteiger partial charge on any atom is -0.373 e. The van der Waals surface area contributed by atoms with E-state index in [0.29, 0.717) is 0 Å². The Bertz CT molecular complexity index is 613. The van der Waals surface area contributed by atoms with E-state index in [0.717, 1.165) is 45.0 Å². The van der Waals surface area contributed by atoms with Gasteiger partial charge >= 0.3 is 0 Å². The Morgan fingerprint density at radius 1 is 1.07 bits per heavy atom. The molecule has 0 saturated carbocycles. The Hall–Kier alpha value is -0.900. The second kappa shape index (κ2) is 13.5. The number of halogens is 1. The first-order valence-corrected chi connectivity index (χ1v) is 11.2. The van der Waals surface area contributed by atoms with E-state index in [4.69, 9.17) is 4.74 Å². The molecular weight excluding hydrogens is 489 g/mol. The molecule has 2 aliphatic heterocycles. The molecule has 2 aliphatic rings. The molecule has 2 saturated heterocycles. The van der Waals surface area contributed by atoms with Crippen LogP contribution in [0.25, 0.3) is 0 Å². The van der Waals surface area contributed by atoms with Crippen molar-refractivity contribution >= 4 is 29.9 Å². The molecule has 0 amide bonds. The van der Waals surface area contributed by atoms with E-state index in [1.807, 2.05) is 7.05 Å². The summed E-state index contributed by atoms with van der Waals surface area (Å²) in [6.07, 6.45) is 4.67. The zero-order chi connectivity index (χ0) is 20.4. The van der Waals surface area contributed by atoms with Crippen LogP contribution in [0.3, 0.4) is 0 Å². The van der Waals surface area contributed by atoms with Gasteiger partial charge in [-0.25, -0.2) is 0 Å². The highest BCUT2D eigenvalue weighted by Gasteiger charge is 2.29. The van der Waals surface area contributed by atoms with Gasteiger partial charge in [0, 0.05) is 59.5 Å². The van der Waals surface area contributed by atoms with Crippen LogP contribution < -0.4 is 10.6 Å². The lowest BCUT2D eigenvalue weighted by atomic mass is 10.0. The van der Waals surface area contributed by atoms with E-state index < -0.39 is 0 Å². The average molecular weight is 530 g/mol. The van der Waals surface area contributed by atoms with E-state index in [9.17, 15) is 0 Å². The first kappa shape index (κ1) is 25.4. The van der Waals surface area contributed by atoms with Crippen LogP contribution in [0.4, 0.5) is 0 Å². The molecule has 0 aromatic heterocycles. The molecular formula is C23H40IN5O. The maximum Gasteiger partial charge on any atom is 0.191 e. The predicted molar refractivity (Wildman–Crippen MR) is 136 cm³/mol. The SMILES string of the molecule is CN=C(NCCCCN1CCN(Cc2ccccc2)CC1)NCC1(C)CCCO1.I. The fourth-order valence-electron chi connectivity index (χ4n) is 4.15. The number of aliphatic imine (C=N–C) groups is 1. The highest BCUT2D eigenvalue weighted by molar-refractivity contribution is 14.0. The van der Waals surface area contributed by atoms with E-state index in [-0.39, 0.29) is 29.6 Å². The minimum absolute atomic E-state index is 0. The fourth-order valence-corrected chi connectivity index (χ4v) is 4.15. The zero-order valence-electron chi connectivity index (χ0n) is 18.7. The van der Waals surface area contributed by atoms with E-state index >= 15 is 0 Å². The monoisotopic (exact) mass is 529 g/mol. The molecule has 170 valence electrons. The molecule has 6 nitrogen and oxygen atoms in total. The topological polar surface area (TPSA) is 52.1 Å². The lowest BCUT2D eigenvalue weighted by molar-refractivity contribution is 0.0243. The van der Waals surface area contributed by atoms with E-state index in [1.165, 1.54) is 51.1 Å². The van der Waals surface area contributed by atoms with Gasteiger partial charge in [0.1, 0.15) is 0 Å². The van der Waals surface area contributed by atoms with Crippen molar-refractivity contribution in [1.29, 1.82) is 0 Å². The Morgan fingerprint density at radius 3 is 2.47 bits per heavy atom. The number of nitrogens with zero attached hydrogens (tertiary/aromatic N) is 3. The number of ether oxygens (including phenoxy) is 1. The molecule has 2 fully saturated rings. The van der Waals surface area contributed by atoms with Crippen LogP contribution >= 0.6 is 24.0 Å². The van der Waals surface area contributed by atoms with Crippen LogP contribution in [-0.2, 0) is 11.3 Å². The third-order valence-corrected chi connectivity index (χ3v) is 6.06. The summed E-state index contributed by atoms with van der Waals surface area (Å²) in [5.41, 5.74) is 1.38. The number of nitrogens with one attached hydrogen (secondary N) is 2. The summed E-state index contributed by atoms with van der Waals surface area (Å²) in [6, 6.07) is 10.8. The zero-order valence-corrected chi connectivity index (χ0v) is 21.1. The Morgan fingerprint density at radius 2 is 1.80 bits per heavy atom. The second-order valence-corrected chi connectivity index (χ2v) is 8.56. The Kier molecular flexibility index (Phi) is 11.4. The van der Waals surface area contributed by atoms with Gasteiger partial charge in [-0.05, 0) is 44.7 Å². The summed E-state index contributed by atoms with van der Waals surface area (Å²) in [7, 11) is 1.84. The highest BCUT2D eigenvalue weighted by atomic mass is 127. The third kappa shape index (κ3) is 8.69. The van der Waals surface area contributed by atoms with Gasteiger partial charge in [0.25, 0.3) is 0 Å². The minimum atomic E-state index is -0.0414. The Labute approximate surface area is 199 Å². The van der Waals surface area contributed by atoms with Crippen molar-refractivity contribution in [2.75, 3.05) is 59.5 Å². The molecule has 1 aromatic carbocycles. The molecule has 0 bridgehead atoms. The molecule has 0 spiro atoms. The summed E-state index contributed by atoms with van der Waals surface area (Å²) in [5.74, 6) is 0.885. The highest BCUT2D eigenvalue weighted by Crippen LogP contribution is 2.23. The van der Waals surface area contributed by atoms with Gasteiger partial charge in [-0.3, -0.25) is 9.89 Å². The molecule has 30 heavy (non-hydrogen) atoms. The van der Waals surface area contributed by atoms with Crippen molar-refractivity contribution < 1.29 is 4.74 Å². The molecule has 2 N–H and O–H groups in total. The van der Waals surface area contributed by atoms with Crippen LogP contribution in [0.2, 0.25) is 0 Å². The normalized spacial score (nSPS) is 23.2. The first-order chi connectivity index (χ1) is 14.2. The maximum absolute atomic E-state index is 5.83. The predicted octanol–water partition coefficient (Wildman–Crippen LogP) is 2.94. The van der Waals surface area contributed by atoms with Crippen molar-refractivity contribution in [2.45, 2.75) is 44.8 Å². The summed E-state index contributed by atoms with van der Waals surface area (Å²) in [4.78, 5) is 9.50. The third-order valence-electron chi connectivity index (χ3n) is 6.06. The fraction of sp³-hybridized carbons (Fsp3) is 0.696. The van der Waals surface area contributed by atoms with Gasteiger partial charge in [-0.1, -0.05) is 30.3 Å². The van der Waals surface area contributed by atoms with Crippen LogP contribution in [0.15, 0.2) is 35.3 Å². The molecule has 1 aromatic rings. The van der Waals surface area contributed by atoms with Gasteiger partial charge in [0.2, 0.25) is 0 Å². The van der Waals surface area contributed by atoms with E-state index in [2.05, 4.69) is 62.7 Å². The summed E-state index contributed by atoms with van der Waals surface area (Å²) < 4.78 is 5.83. The number of piperazine rings is 1. The van der Waals surface area contributed by atoms with Gasteiger partial charge in [-0.15, -0.1) is 24.0 Å². The van der Waals surface area contributed by atoms with Crippen LogP contribution in [0.1, 0.15) is 38.2 Å². The smallest absolute Gasteiger partial charge is 0.191 e. The first-order valence-electron chi connectivity index (χ1n) is 11.2. The standard InChI is InChI=1S/C23H39N5O.HI/c1-23(11-8-18-29-23)20-26-22(24-2)25-12-6-7-13-27-14-16-28(17-15-27)19-21-9-4-3-5-10-21;/h3-5,9-10H,6-8,11-20H2,1-2H3,(H2,24,25,26);1H. The number of unbranched alkanes of at least 4 members (excludes halogenated alkanes) is 1. The van der Waals surface area contributed by atoms with Crippen molar-refractivity contribution in [2.24, 2.45) is 4.99 Å². The quantitative estimate of drug-likeness (QED) is 0.223. The summed E-state index contributed by atoms with van der Waals surface area (Å²) >= 11 is 0. The lowest BCUT2D eigenvalue weighted by Crippen LogP contribution is -2.46. The average Bonchev–Trinajstić information content (AvgIpc) is 3.19. The Balaban J connectivity index is 0.00000320. The van der Waals surface area contributed by atoms with Crippen LogP contribution in [0, 0.1) is 0 Å². The summed E-state index contributed by atoms with van der Waals surface area (Å²) in [5, 5.41) is 6.85. The van der Waals surface area contributed by atoms with Crippen LogP contribution in [0.5, 0.6) is 0 Å². The largest absolute Gasteiger partial charge is 0.373 e. The molecule has 1 unspecified atom stereocenters. The van der Waals surface area contributed by atoms with Crippen molar-refractivity contribution in [3.8, 4) is 0 Å². The van der Waals surface area contributed by atoms with Gasteiger partial charge in [-0.2, -0.15) is 0 Å². The van der Waals surface area contributed by atoms with Gasteiger partial charge in [0.15, 0.2) is 5.96 Å². The molecule has 0 aliphatic carbocycles. The van der Waals surface area contributed by atoms with Crippen molar-refractivity contribution in [3.63, 3.8) is 0 Å². The van der Waals surface area contributed by atoms with E-state index in [1.54, 1.807) is 0 Å². The van der Waals surface area contributed by atoms with Crippen LogP contribution in [-0.4, -0.2) is 80.8 Å². The number of hydrogen-bond acceptors (Lipinski definition) is 4. The summed E-state index contributed by atoms with van der Waals surface area (Å²) in [6.45, 7) is 11.8. The van der Waals surface area contributed by atoms with Crippen molar-refractivity contribution in [3.05, 3.63) is 35.9 Å². The number of rotatable bonds is 9. The second-order valence-electron chi connectivity index (χ2n) is 8.56. The molecule has 3 rings (SSSR count).